The fraction of sp³-hybridized carbons (Fsp3) is 0.278. The number of aliphatic imine (C=N–C) groups is 1. The van der Waals surface area contributed by atoms with Gasteiger partial charge in [0.25, 0.3) is 0 Å². The SMILES string of the molecule is Cn1cc(-c2cc(CC(NC3=NCCS3)c3cccc(Cl)c3Cl)on2)cn1. The Balaban J connectivity index is 1.61. The Morgan fingerprint density at radius 1 is 1.37 bits per heavy atom. The number of rotatable bonds is 5. The van der Waals surface area contributed by atoms with Gasteiger partial charge in [0.15, 0.2) is 5.17 Å². The zero-order chi connectivity index (χ0) is 18.8. The van der Waals surface area contributed by atoms with Crippen molar-refractivity contribution in [3.05, 3.63) is 58.0 Å². The fourth-order valence-corrected chi connectivity index (χ4v) is 4.12. The zero-order valence-electron chi connectivity index (χ0n) is 14.5. The number of hydrogen-bond acceptors (Lipinski definition) is 6. The quantitative estimate of drug-likeness (QED) is 0.662. The van der Waals surface area contributed by atoms with Crippen LogP contribution in [0.25, 0.3) is 11.3 Å². The average Bonchev–Trinajstić information content (AvgIpc) is 3.39. The molecule has 6 nitrogen and oxygen atoms in total. The number of amidine groups is 1. The normalized spacial score (nSPS) is 15.0. The molecule has 3 aromatic rings. The van der Waals surface area contributed by atoms with E-state index in [0.29, 0.717) is 16.5 Å². The third-order valence-corrected chi connectivity index (χ3v) is 5.95. The van der Waals surface area contributed by atoms with E-state index in [9.17, 15) is 0 Å². The van der Waals surface area contributed by atoms with Gasteiger partial charge in [-0.2, -0.15) is 5.10 Å². The minimum Gasteiger partial charge on any atom is -0.361 e. The van der Waals surface area contributed by atoms with Crippen LogP contribution in [0.3, 0.4) is 0 Å². The summed E-state index contributed by atoms with van der Waals surface area (Å²) in [6, 6.07) is 7.43. The standard InChI is InChI=1S/C18H17Cl2N5OS/c1-25-10-11(9-22-25)15-7-12(26-24-15)8-16(23-18-21-5-6-27-18)13-3-2-4-14(19)17(13)20/h2-4,7,9-10,16H,5-6,8H2,1H3,(H,21,23). The minimum absolute atomic E-state index is 0.129. The summed E-state index contributed by atoms with van der Waals surface area (Å²) >= 11 is 14.4. The number of aromatic nitrogens is 3. The maximum absolute atomic E-state index is 6.47. The topological polar surface area (TPSA) is 68.2 Å². The summed E-state index contributed by atoms with van der Waals surface area (Å²) in [4.78, 5) is 4.49. The number of aryl methyl sites for hydroxylation is 1. The van der Waals surface area contributed by atoms with Crippen molar-refractivity contribution >= 4 is 40.1 Å². The molecule has 1 N–H and O–H groups in total. The molecular weight excluding hydrogens is 405 g/mol. The molecule has 27 heavy (non-hydrogen) atoms. The Hall–Kier alpha value is -1.96. The van der Waals surface area contributed by atoms with Crippen LogP contribution in [0.5, 0.6) is 0 Å². The Morgan fingerprint density at radius 2 is 2.26 bits per heavy atom. The van der Waals surface area contributed by atoms with Crippen molar-refractivity contribution in [2.24, 2.45) is 12.0 Å². The Morgan fingerprint density at radius 3 is 3.00 bits per heavy atom. The lowest BCUT2D eigenvalue weighted by Gasteiger charge is -2.20. The van der Waals surface area contributed by atoms with Gasteiger partial charge >= 0.3 is 0 Å². The number of nitrogens with zero attached hydrogens (tertiary/aromatic N) is 4. The summed E-state index contributed by atoms with van der Waals surface area (Å²) in [5.74, 6) is 1.72. The van der Waals surface area contributed by atoms with E-state index in [0.717, 1.165) is 40.0 Å². The van der Waals surface area contributed by atoms with Crippen LogP contribution < -0.4 is 5.32 Å². The average molecular weight is 422 g/mol. The largest absolute Gasteiger partial charge is 0.361 e. The van der Waals surface area contributed by atoms with Gasteiger partial charge < -0.3 is 9.84 Å². The summed E-state index contributed by atoms with van der Waals surface area (Å²) in [6.07, 6.45) is 4.22. The van der Waals surface area contributed by atoms with E-state index in [1.54, 1.807) is 28.7 Å². The predicted octanol–water partition coefficient (Wildman–Crippen LogP) is 4.36. The monoisotopic (exact) mass is 421 g/mol. The first-order valence-electron chi connectivity index (χ1n) is 8.42. The number of hydrogen-bond donors (Lipinski definition) is 1. The van der Waals surface area contributed by atoms with Gasteiger partial charge in [0.2, 0.25) is 0 Å². The molecule has 1 aliphatic heterocycles. The molecule has 3 heterocycles. The van der Waals surface area contributed by atoms with Gasteiger partial charge in [-0.05, 0) is 11.6 Å². The molecule has 0 saturated carbocycles. The molecule has 0 spiro atoms. The third-order valence-electron chi connectivity index (χ3n) is 4.20. The van der Waals surface area contributed by atoms with Crippen LogP contribution in [-0.2, 0) is 13.5 Å². The van der Waals surface area contributed by atoms with Gasteiger partial charge in [-0.15, -0.1) is 0 Å². The van der Waals surface area contributed by atoms with E-state index in [-0.39, 0.29) is 6.04 Å². The number of thioether (sulfide) groups is 1. The highest BCUT2D eigenvalue weighted by atomic mass is 35.5. The second-order valence-corrected chi connectivity index (χ2v) is 8.03. The molecule has 0 saturated heterocycles. The summed E-state index contributed by atoms with van der Waals surface area (Å²) in [7, 11) is 1.87. The highest BCUT2D eigenvalue weighted by Crippen LogP contribution is 2.33. The van der Waals surface area contributed by atoms with Gasteiger partial charge in [-0.3, -0.25) is 9.67 Å². The molecule has 0 fully saturated rings. The first-order valence-corrected chi connectivity index (χ1v) is 10.2. The number of nitrogens with one attached hydrogen (secondary N) is 1. The molecule has 140 valence electrons. The molecule has 1 aromatic carbocycles. The maximum atomic E-state index is 6.47. The maximum Gasteiger partial charge on any atom is 0.157 e. The van der Waals surface area contributed by atoms with Crippen molar-refractivity contribution < 1.29 is 4.52 Å². The Bertz CT molecular complexity index is 984. The summed E-state index contributed by atoms with van der Waals surface area (Å²) in [5.41, 5.74) is 2.56. The van der Waals surface area contributed by atoms with Crippen molar-refractivity contribution in [1.29, 1.82) is 0 Å². The molecular formula is C18H17Cl2N5OS. The molecule has 1 atom stereocenters. The van der Waals surface area contributed by atoms with Crippen molar-refractivity contribution in [1.82, 2.24) is 20.3 Å². The minimum atomic E-state index is -0.129. The van der Waals surface area contributed by atoms with Gasteiger partial charge in [-0.1, -0.05) is 52.3 Å². The second-order valence-electron chi connectivity index (χ2n) is 6.16. The summed E-state index contributed by atoms with van der Waals surface area (Å²) in [5, 5.41) is 13.8. The van der Waals surface area contributed by atoms with Crippen molar-refractivity contribution in [3.63, 3.8) is 0 Å². The van der Waals surface area contributed by atoms with E-state index in [1.807, 2.05) is 31.4 Å². The van der Waals surface area contributed by atoms with Gasteiger partial charge in [0.1, 0.15) is 11.5 Å². The van der Waals surface area contributed by atoms with E-state index in [2.05, 4.69) is 20.6 Å². The molecule has 9 heteroatoms. The van der Waals surface area contributed by atoms with Crippen LogP contribution >= 0.6 is 35.0 Å². The van der Waals surface area contributed by atoms with Gasteiger partial charge in [-0.25, -0.2) is 0 Å². The number of halogens is 2. The third kappa shape index (κ3) is 4.15. The molecule has 0 radical (unpaired) electrons. The van der Waals surface area contributed by atoms with Crippen LogP contribution in [0.1, 0.15) is 17.4 Å². The molecule has 0 bridgehead atoms. The van der Waals surface area contributed by atoms with E-state index < -0.39 is 0 Å². The van der Waals surface area contributed by atoms with Gasteiger partial charge in [0.05, 0.1) is 28.8 Å². The van der Waals surface area contributed by atoms with Crippen molar-refractivity contribution in [2.45, 2.75) is 12.5 Å². The fourth-order valence-electron chi connectivity index (χ4n) is 2.90. The van der Waals surface area contributed by atoms with E-state index >= 15 is 0 Å². The summed E-state index contributed by atoms with van der Waals surface area (Å²) in [6.45, 7) is 0.816. The smallest absolute Gasteiger partial charge is 0.157 e. The Labute approximate surface area is 170 Å². The van der Waals surface area contributed by atoms with Crippen molar-refractivity contribution in [3.8, 4) is 11.3 Å². The van der Waals surface area contributed by atoms with Gasteiger partial charge in [0, 0.05) is 37.0 Å². The van der Waals surface area contributed by atoms with Crippen LogP contribution in [0.15, 0.2) is 46.2 Å². The van der Waals surface area contributed by atoms with Crippen molar-refractivity contribution in [2.75, 3.05) is 12.3 Å². The Kier molecular flexibility index (Phi) is 5.43. The highest BCUT2D eigenvalue weighted by Gasteiger charge is 2.22. The van der Waals surface area contributed by atoms with Crippen LogP contribution in [0.4, 0.5) is 0 Å². The number of benzene rings is 1. The predicted molar refractivity (Wildman–Crippen MR) is 110 cm³/mol. The van der Waals surface area contributed by atoms with Crippen LogP contribution in [-0.4, -0.2) is 32.4 Å². The zero-order valence-corrected chi connectivity index (χ0v) is 16.9. The molecule has 1 unspecified atom stereocenters. The van der Waals surface area contributed by atoms with E-state index in [1.165, 1.54) is 0 Å². The first-order chi connectivity index (χ1) is 13.1. The first kappa shape index (κ1) is 18.4. The molecule has 0 aliphatic carbocycles. The second kappa shape index (κ2) is 7.96. The molecule has 2 aromatic heterocycles. The highest BCUT2D eigenvalue weighted by molar-refractivity contribution is 8.14. The summed E-state index contributed by atoms with van der Waals surface area (Å²) < 4.78 is 7.30. The van der Waals surface area contributed by atoms with E-state index in [4.69, 9.17) is 27.7 Å². The molecule has 1 aliphatic rings. The lowest BCUT2D eigenvalue weighted by atomic mass is 10.0. The lowest BCUT2D eigenvalue weighted by molar-refractivity contribution is 0.373. The van der Waals surface area contributed by atoms with Crippen LogP contribution in [0.2, 0.25) is 10.0 Å². The lowest BCUT2D eigenvalue weighted by Crippen LogP contribution is -2.27. The molecule has 4 rings (SSSR count). The molecule has 0 amide bonds. The van der Waals surface area contributed by atoms with Crippen LogP contribution in [0, 0.1) is 0 Å².